The van der Waals surface area contributed by atoms with Crippen LogP contribution in [0.4, 0.5) is 5.69 Å². The molecule has 2 rings (SSSR count). The number of aromatic nitrogens is 1. The summed E-state index contributed by atoms with van der Waals surface area (Å²) < 4.78 is 0. The summed E-state index contributed by atoms with van der Waals surface area (Å²) >= 11 is 0. The molecule has 1 N–H and O–H groups in total. The van der Waals surface area contributed by atoms with E-state index >= 15 is 0 Å². The summed E-state index contributed by atoms with van der Waals surface area (Å²) in [7, 11) is 0. The van der Waals surface area contributed by atoms with E-state index < -0.39 is 0 Å². The van der Waals surface area contributed by atoms with Crippen molar-refractivity contribution in [2.24, 2.45) is 0 Å². The normalized spacial score (nSPS) is 10.1. The molecule has 0 radical (unpaired) electrons. The van der Waals surface area contributed by atoms with Crippen molar-refractivity contribution >= 4 is 16.6 Å². The molecule has 0 aliphatic heterocycles. The molecule has 0 fully saturated rings. The molecular weight excluding hydrogens is 172 g/mol. The fraction of sp³-hybridized carbons (Fsp3) is 0.0833. The number of nitrogens with zero attached hydrogens (tertiary/aromatic N) is 1. The molecule has 0 aliphatic rings. The van der Waals surface area contributed by atoms with Crippen LogP contribution in [0, 0.1) is 0 Å². The van der Waals surface area contributed by atoms with Gasteiger partial charge in [-0.1, -0.05) is 24.8 Å². The summed E-state index contributed by atoms with van der Waals surface area (Å²) in [6.45, 7) is 5.72. The second-order valence-corrected chi connectivity index (χ2v) is 3.32. The molecule has 0 aliphatic carbocycles. The Balaban J connectivity index is 2.46. The van der Waals surface area contributed by atoms with E-state index in [0.717, 1.165) is 22.3 Å². The summed E-state index contributed by atoms with van der Waals surface area (Å²) in [5.74, 6) is 0. The van der Waals surface area contributed by atoms with Gasteiger partial charge in [0.05, 0.1) is 17.4 Å². The summed E-state index contributed by atoms with van der Waals surface area (Å²) in [6.07, 6.45) is 1.82. The van der Waals surface area contributed by atoms with Gasteiger partial charge in [0.2, 0.25) is 0 Å². The highest BCUT2D eigenvalue weighted by Gasteiger charge is 1.95. The molecule has 0 amide bonds. The maximum absolute atomic E-state index is 4.33. The van der Waals surface area contributed by atoms with Gasteiger partial charge in [-0.05, 0) is 19.1 Å². The Morgan fingerprint density at radius 3 is 2.93 bits per heavy atom. The molecule has 0 saturated carbocycles. The molecular formula is C12H12N2. The lowest BCUT2D eigenvalue weighted by molar-refractivity contribution is 1.35. The van der Waals surface area contributed by atoms with Crippen LogP contribution in [0.15, 0.2) is 48.8 Å². The van der Waals surface area contributed by atoms with Crippen LogP contribution in [-0.2, 0) is 0 Å². The van der Waals surface area contributed by atoms with Crippen LogP contribution >= 0.6 is 0 Å². The molecule has 70 valence electrons. The van der Waals surface area contributed by atoms with E-state index in [0.29, 0.717) is 0 Å². The lowest BCUT2D eigenvalue weighted by Gasteiger charge is -2.05. The molecule has 2 heteroatoms. The first-order valence-corrected chi connectivity index (χ1v) is 4.53. The highest BCUT2D eigenvalue weighted by atomic mass is 14.9. The highest BCUT2D eigenvalue weighted by Crippen LogP contribution is 2.16. The molecule has 0 unspecified atom stereocenters. The van der Waals surface area contributed by atoms with E-state index in [9.17, 15) is 0 Å². The highest BCUT2D eigenvalue weighted by molar-refractivity contribution is 5.81. The zero-order valence-corrected chi connectivity index (χ0v) is 8.12. The van der Waals surface area contributed by atoms with Gasteiger partial charge in [0.1, 0.15) is 0 Å². The fourth-order valence-corrected chi connectivity index (χ4v) is 1.39. The number of pyridine rings is 1. The zero-order chi connectivity index (χ0) is 9.97. The minimum atomic E-state index is 0.919. The predicted octanol–water partition coefficient (Wildman–Crippen LogP) is 3.18. The minimum absolute atomic E-state index is 0.919. The van der Waals surface area contributed by atoms with Gasteiger partial charge in [-0.3, -0.25) is 4.98 Å². The van der Waals surface area contributed by atoms with Crippen molar-refractivity contribution in [2.75, 3.05) is 5.32 Å². The first-order valence-electron chi connectivity index (χ1n) is 4.53. The molecule has 1 aromatic heterocycles. The number of rotatable bonds is 2. The van der Waals surface area contributed by atoms with E-state index in [2.05, 4.69) is 22.9 Å². The average Bonchev–Trinajstić information content (AvgIpc) is 2.17. The van der Waals surface area contributed by atoms with Crippen LogP contribution in [-0.4, -0.2) is 4.98 Å². The topological polar surface area (TPSA) is 24.9 Å². The summed E-state index contributed by atoms with van der Waals surface area (Å²) in [6, 6.07) is 10.1. The van der Waals surface area contributed by atoms with Gasteiger partial charge < -0.3 is 5.32 Å². The maximum Gasteiger partial charge on any atom is 0.0703 e. The van der Waals surface area contributed by atoms with E-state index in [1.165, 1.54) is 0 Å². The van der Waals surface area contributed by atoms with E-state index in [4.69, 9.17) is 0 Å². The van der Waals surface area contributed by atoms with E-state index in [-0.39, 0.29) is 0 Å². The number of hydrogen-bond donors (Lipinski definition) is 1. The molecule has 0 spiro atoms. The van der Waals surface area contributed by atoms with Gasteiger partial charge >= 0.3 is 0 Å². The van der Waals surface area contributed by atoms with Crippen LogP contribution in [0.5, 0.6) is 0 Å². The third kappa shape index (κ3) is 1.74. The second kappa shape index (κ2) is 3.50. The molecule has 1 heterocycles. The molecule has 14 heavy (non-hydrogen) atoms. The van der Waals surface area contributed by atoms with Crippen molar-refractivity contribution in [3.63, 3.8) is 0 Å². The van der Waals surface area contributed by atoms with Gasteiger partial charge in [0.15, 0.2) is 0 Å². The van der Waals surface area contributed by atoms with Gasteiger partial charge in [0.25, 0.3) is 0 Å². The first kappa shape index (κ1) is 8.75. The average molecular weight is 184 g/mol. The first-order chi connectivity index (χ1) is 6.75. The van der Waals surface area contributed by atoms with Crippen LogP contribution in [0.1, 0.15) is 6.92 Å². The predicted molar refractivity (Wildman–Crippen MR) is 60.2 cm³/mol. The van der Waals surface area contributed by atoms with Crippen LogP contribution in [0.2, 0.25) is 0 Å². The Labute approximate surface area is 83.3 Å². The van der Waals surface area contributed by atoms with Gasteiger partial charge in [0, 0.05) is 11.1 Å². The number of allylic oxidation sites excluding steroid dienone is 1. The Kier molecular flexibility index (Phi) is 2.19. The Morgan fingerprint density at radius 2 is 2.14 bits per heavy atom. The molecule has 0 bridgehead atoms. The third-order valence-electron chi connectivity index (χ3n) is 1.95. The van der Waals surface area contributed by atoms with E-state index in [1.54, 1.807) is 0 Å². The van der Waals surface area contributed by atoms with Crippen molar-refractivity contribution in [3.8, 4) is 0 Å². The SMILES string of the molecule is C=C(C)Nc1cnc2ccccc2c1. The largest absolute Gasteiger partial charge is 0.358 e. The fourth-order valence-electron chi connectivity index (χ4n) is 1.39. The van der Waals surface area contributed by atoms with Crippen molar-refractivity contribution < 1.29 is 0 Å². The smallest absolute Gasteiger partial charge is 0.0703 e. The molecule has 0 atom stereocenters. The minimum Gasteiger partial charge on any atom is -0.358 e. The third-order valence-corrected chi connectivity index (χ3v) is 1.95. The molecule has 1 aromatic carbocycles. The second-order valence-electron chi connectivity index (χ2n) is 3.32. The van der Waals surface area contributed by atoms with Gasteiger partial charge in [-0.2, -0.15) is 0 Å². The number of anilines is 1. The maximum atomic E-state index is 4.33. The summed E-state index contributed by atoms with van der Waals surface area (Å²) in [5, 5.41) is 4.28. The number of benzene rings is 1. The van der Waals surface area contributed by atoms with E-state index in [1.807, 2.05) is 37.4 Å². The Bertz CT molecular complexity index is 474. The quantitative estimate of drug-likeness (QED) is 0.775. The number of para-hydroxylation sites is 1. The van der Waals surface area contributed by atoms with Crippen molar-refractivity contribution in [1.82, 2.24) is 4.98 Å². The van der Waals surface area contributed by atoms with Crippen molar-refractivity contribution in [2.45, 2.75) is 6.92 Å². The Hall–Kier alpha value is -1.83. The van der Waals surface area contributed by atoms with Crippen LogP contribution < -0.4 is 5.32 Å². The number of fused-ring (bicyclic) bond motifs is 1. The van der Waals surface area contributed by atoms with Gasteiger partial charge in [-0.25, -0.2) is 0 Å². The molecule has 2 nitrogen and oxygen atoms in total. The lowest BCUT2D eigenvalue weighted by Crippen LogP contribution is -1.94. The van der Waals surface area contributed by atoms with Gasteiger partial charge in [-0.15, -0.1) is 0 Å². The summed E-state index contributed by atoms with van der Waals surface area (Å²) in [4.78, 5) is 4.33. The standard InChI is InChI=1S/C12H12N2/c1-9(2)14-11-7-10-5-3-4-6-12(10)13-8-11/h3-8,14H,1H2,2H3. The van der Waals surface area contributed by atoms with Crippen molar-refractivity contribution in [3.05, 3.63) is 48.8 Å². The van der Waals surface area contributed by atoms with Crippen LogP contribution in [0.3, 0.4) is 0 Å². The number of hydrogen-bond acceptors (Lipinski definition) is 2. The molecule has 0 saturated heterocycles. The Morgan fingerprint density at radius 1 is 1.36 bits per heavy atom. The number of nitrogens with one attached hydrogen (secondary N) is 1. The zero-order valence-electron chi connectivity index (χ0n) is 8.12. The molecule has 2 aromatic rings. The van der Waals surface area contributed by atoms with Crippen LogP contribution in [0.25, 0.3) is 10.9 Å². The summed E-state index contributed by atoms with van der Waals surface area (Å²) in [5.41, 5.74) is 2.91. The lowest BCUT2D eigenvalue weighted by atomic mass is 10.2. The monoisotopic (exact) mass is 184 g/mol. The van der Waals surface area contributed by atoms with Crippen molar-refractivity contribution in [1.29, 1.82) is 0 Å².